The summed E-state index contributed by atoms with van der Waals surface area (Å²) in [5.74, 6) is 2.33. The maximum Gasteiger partial charge on any atom is 0.339 e. The number of benzene rings is 2. The molecule has 2 aliphatic rings. The lowest BCUT2D eigenvalue weighted by atomic mass is 9.89. The Balaban J connectivity index is 1.49. The van der Waals surface area contributed by atoms with Gasteiger partial charge in [-0.2, -0.15) is 0 Å². The Morgan fingerprint density at radius 1 is 1.03 bits per heavy atom. The first-order valence-electron chi connectivity index (χ1n) is 10.9. The number of aryl methyl sites for hydroxylation is 2. The van der Waals surface area contributed by atoms with Gasteiger partial charge in [0, 0.05) is 27.6 Å². The monoisotopic (exact) mass is 422 g/mol. The number of nitrogens with one attached hydrogen (secondary N) is 1. The Morgan fingerprint density at radius 3 is 2.58 bits per heavy atom. The molecule has 6 heteroatoms. The van der Waals surface area contributed by atoms with E-state index in [1.54, 1.807) is 14.2 Å². The smallest absolute Gasteiger partial charge is 0.339 e. The summed E-state index contributed by atoms with van der Waals surface area (Å²) in [6, 6.07) is 8.23. The molecule has 2 heterocycles. The number of fused-ring (bicyclic) bond motifs is 4. The van der Waals surface area contributed by atoms with E-state index in [1.165, 1.54) is 21.6 Å². The molecule has 0 saturated carbocycles. The van der Waals surface area contributed by atoms with E-state index in [0.717, 1.165) is 72.5 Å². The Morgan fingerprint density at radius 2 is 1.81 bits per heavy atom. The fraction of sp³-hybridized carbons (Fsp3) is 0.400. The zero-order valence-corrected chi connectivity index (χ0v) is 18.3. The standard InChI is InChI=1S/C25H27NO5/c1-15-23-17(11-20-18-6-4-5-7-19(18)25(27)31-24(15)20)13-26(14-30-23)12-16-8-9-21(28-2)22(10-16)29-3/h8-11H,4-7,12-14H2,1-3H3/p+1. The maximum absolute atomic E-state index is 12.5. The normalized spacial score (nSPS) is 17.6. The third-order valence-corrected chi connectivity index (χ3v) is 6.53. The number of ether oxygens (including phenoxy) is 3. The van der Waals surface area contributed by atoms with Crippen LogP contribution in [0.25, 0.3) is 11.0 Å². The molecule has 1 atom stereocenters. The second-order valence-electron chi connectivity index (χ2n) is 8.50. The van der Waals surface area contributed by atoms with Gasteiger partial charge in [-0.1, -0.05) is 0 Å². The molecular weight excluding hydrogens is 394 g/mol. The first kappa shape index (κ1) is 19.9. The molecule has 0 bridgehead atoms. The molecule has 3 aromatic rings. The van der Waals surface area contributed by atoms with Gasteiger partial charge in [-0.15, -0.1) is 0 Å². The van der Waals surface area contributed by atoms with Crippen LogP contribution in [0.4, 0.5) is 0 Å². The van der Waals surface area contributed by atoms with Gasteiger partial charge < -0.3 is 18.6 Å². The van der Waals surface area contributed by atoms with Crippen molar-refractivity contribution in [3.8, 4) is 17.2 Å². The zero-order valence-electron chi connectivity index (χ0n) is 18.3. The molecule has 1 aliphatic heterocycles. The van der Waals surface area contributed by atoms with Crippen molar-refractivity contribution in [1.82, 2.24) is 0 Å². The molecule has 6 nitrogen and oxygen atoms in total. The van der Waals surface area contributed by atoms with Crippen LogP contribution in [-0.2, 0) is 25.9 Å². The molecule has 162 valence electrons. The minimum Gasteiger partial charge on any atom is -0.493 e. The highest BCUT2D eigenvalue weighted by Crippen LogP contribution is 2.36. The van der Waals surface area contributed by atoms with Crippen molar-refractivity contribution < 1.29 is 23.5 Å². The van der Waals surface area contributed by atoms with Gasteiger partial charge in [0.25, 0.3) is 0 Å². The molecule has 0 spiro atoms. The predicted octanol–water partition coefficient (Wildman–Crippen LogP) is 2.93. The maximum atomic E-state index is 12.5. The topological polar surface area (TPSA) is 62.3 Å². The third kappa shape index (κ3) is 3.45. The molecular formula is C25H28NO5+. The molecule has 1 unspecified atom stereocenters. The molecule has 0 amide bonds. The number of rotatable bonds is 4. The van der Waals surface area contributed by atoms with Crippen LogP contribution in [0.2, 0.25) is 0 Å². The van der Waals surface area contributed by atoms with Crippen LogP contribution in [0.5, 0.6) is 17.2 Å². The molecule has 1 aliphatic carbocycles. The fourth-order valence-electron chi connectivity index (χ4n) is 5.01. The average Bonchev–Trinajstić information content (AvgIpc) is 2.80. The van der Waals surface area contributed by atoms with Crippen LogP contribution < -0.4 is 24.7 Å². The van der Waals surface area contributed by atoms with E-state index in [9.17, 15) is 4.79 Å². The van der Waals surface area contributed by atoms with Crippen molar-refractivity contribution in [3.63, 3.8) is 0 Å². The number of hydrogen-bond donors (Lipinski definition) is 1. The summed E-state index contributed by atoms with van der Waals surface area (Å²) in [5, 5.41) is 1.08. The van der Waals surface area contributed by atoms with E-state index < -0.39 is 0 Å². The molecule has 0 saturated heterocycles. The van der Waals surface area contributed by atoms with Crippen molar-refractivity contribution in [2.75, 3.05) is 21.0 Å². The van der Waals surface area contributed by atoms with E-state index in [-0.39, 0.29) is 5.63 Å². The van der Waals surface area contributed by atoms with E-state index in [2.05, 4.69) is 12.1 Å². The van der Waals surface area contributed by atoms with Crippen LogP contribution in [0.1, 0.15) is 40.7 Å². The highest BCUT2D eigenvalue weighted by Gasteiger charge is 2.27. The second kappa shape index (κ2) is 7.93. The third-order valence-electron chi connectivity index (χ3n) is 6.53. The average molecular weight is 423 g/mol. The largest absolute Gasteiger partial charge is 0.493 e. The quantitative estimate of drug-likeness (QED) is 0.655. The van der Waals surface area contributed by atoms with Crippen molar-refractivity contribution in [2.24, 2.45) is 0 Å². The molecule has 31 heavy (non-hydrogen) atoms. The lowest BCUT2D eigenvalue weighted by molar-refractivity contribution is -0.945. The Hall–Kier alpha value is -2.99. The van der Waals surface area contributed by atoms with Gasteiger partial charge in [-0.3, -0.25) is 4.90 Å². The lowest BCUT2D eigenvalue weighted by Gasteiger charge is -2.28. The summed E-state index contributed by atoms with van der Waals surface area (Å²) in [6.45, 7) is 4.23. The zero-order chi connectivity index (χ0) is 21.5. The highest BCUT2D eigenvalue weighted by molar-refractivity contribution is 5.87. The summed E-state index contributed by atoms with van der Waals surface area (Å²) in [4.78, 5) is 13.8. The molecule has 5 rings (SSSR count). The summed E-state index contributed by atoms with van der Waals surface area (Å²) < 4.78 is 22.7. The summed E-state index contributed by atoms with van der Waals surface area (Å²) in [7, 11) is 3.30. The minimum atomic E-state index is -0.179. The molecule has 1 N–H and O–H groups in total. The number of quaternary nitrogens is 1. The SMILES string of the molecule is COc1ccc(C[NH+]2COc3c(cc4c5c(c(=O)oc4c3C)CCCC5)C2)cc1OC. The first-order chi connectivity index (χ1) is 15.1. The van der Waals surface area contributed by atoms with Gasteiger partial charge in [0.2, 0.25) is 6.73 Å². The summed E-state index contributed by atoms with van der Waals surface area (Å²) in [6.07, 6.45) is 3.93. The summed E-state index contributed by atoms with van der Waals surface area (Å²) in [5.41, 5.74) is 5.83. The Kier molecular flexibility index (Phi) is 5.10. The fourth-order valence-corrected chi connectivity index (χ4v) is 5.01. The summed E-state index contributed by atoms with van der Waals surface area (Å²) >= 11 is 0. The number of methoxy groups -OCH3 is 2. The van der Waals surface area contributed by atoms with Crippen molar-refractivity contribution in [1.29, 1.82) is 0 Å². The van der Waals surface area contributed by atoms with Crippen molar-refractivity contribution in [2.45, 2.75) is 45.7 Å². The van der Waals surface area contributed by atoms with Gasteiger partial charge >= 0.3 is 5.63 Å². The van der Waals surface area contributed by atoms with E-state index in [0.29, 0.717) is 12.3 Å². The van der Waals surface area contributed by atoms with Gasteiger partial charge in [0.05, 0.1) is 14.2 Å². The molecule has 2 aromatic carbocycles. The van der Waals surface area contributed by atoms with Crippen molar-refractivity contribution in [3.05, 3.63) is 62.5 Å². The van der Waals surface area contributed by atoms with Crippen molar-refractivity contribution >= 4 is 11.0 Å². The van der Waals surface area contributed by atoms with E-state index in [1.807, 2.05) is 19.1 Å². The second-order valence-corrected chi connectivity index (χ2v) is 8.50. The van der Waals surface area contributed by atoms with Crippen LogP contribution in [-0.4, -0.2) is 21.0 Å². The Bertz CT molecular complexity index is 1210. The van der Waals surface area contributed by atoms with Crippen LogP contribution in [0.15, 0.2) is 33.5 Å². The van der Waals surface area contributed by atoms with E-state index in [4.69, 9.17) is 18.6 Å². The predicted molar refractivity (Wildman–Crippen MR) is 117 cm³/mol. The molecule has 1 aromatic heterocycles. The molecule has 0 radical (unpaired) electrons. The lowest BCUT2D eigenvalue weighted by Crippen LogP contribution is -3.10. The minimum absolute atomic E-state index is 0.179. The van der Waals surface area contributed by atoms with Gasteiger partial charge in [0.15, 0.2) is 11.5 Å². The molecule has 0 fully saturated rings. The van der Waals surface area contributed by atoms with Gasteiger partial charge in [0.1, 0.15) is 24.4 Å². The van der Waals surface area contributed by atoms with Crippen LogP contribution in [0, 0.1) is 6.92 Å². The first-order valence-corrected chi connectivity index (χ1v) is 10.9. The van der Waals surface area contributed by atoms with Gasteiger partial charge in [-0.25, -0.2) is 4.79 Å². The highest BCUT2D eigenvalue weighted by atomic mass is 16.5. The van der Waals surface area contributed by atoms with Crippen LogP contribution >= 0.6 is 0 Å². The Labute approximate surface area is 181 Å². The van der Waals surface area contributed by atoms with E-state index >= 15 is 0 Å². The van der Waals surface area contributed by atoms with Crippen LogP contribution in [0.3, 0.4) is 0 Å². The van der Waals surface area contributed by atoms with Gasteiger partial charge in [-0.05, 0) is 62.4 Å². The number of hydrogen-bond acceptors (Lipinski definition) is 5.